The molecule has 0 saturated heterocycles. The second-order valence-corrected chi connectivity index (χ2v) is 7.52. The normalized spacial score (nSPS) is 23.3. The smallest absolute Gasteiger partial charge is 0.345 e. The van der Waals surface area contributed by atoms with Crippen LogP contribution in [0.15, 0.2) is 45.8 Å². The van der Waals surface area contributed by atoms with Gasteiger partial charge in [-0.05, 0) is 25.0 Å². The molecular weight excluding hydrogens is 396 g/mol. The van der Waals surface area contributed by atoms with Gasteiger partial charge in [0.15, 0.2) is 23.5 Å². The van der Waals surface area contributed by atoms with Gasteiger partial charge in [0.05, 0.1) is 11.9 Å². The van der Waals surface area contributed by atoms with Gasteiger partial charge >= 0.3 is 6.01 Å². The number of hydrogen-bond acceptors (Lipinski definition) is 10. The second-order valence-electron chi connectivity index (χ2n) is 7.13. The molecule has 0 bridgehead atoms. The maximum Gasteiger partial charge on any atom is 0.345 e. The maximum atomic E-state index is 9.48. The van der Waals surface area contributed by atoms with E-state index in [1.807, 2.05) is 34.2 Å². The molecule has 29 heavy (non-hydrogen) atoms. The molecule has 1 fully saturated rings. The minimum atomic E-state index is -0.679. The summed E-state index contributed by atoms with van der Waals surface area (Å²) >= 11 is 6.58. The van der Waals surface area contributed by atoms with Gasteiger partial charge in [-0.3, -0.25) is 4.90 Å². The van der Waals surface area contributed by atoms with Crippen molar-refractivity contribution in [1.29, 1.82) is 5.26 Å². The molecule has 2 aromatic rings. The number of hydrogen-bond donors (Lipinski definition) is 0. The number of hydrazine groups is 1. The second kappa shape index (κ2) is 5.62. The number of aliphatic imine (C=N–C) groups is 1. The molecule has 0 amide bonds. The zero-order valence-corrected chi connectivity index (χ0v) is 16.1. The van der Waals surface area contributed by atoms with Gasteiger partial charge in [-0.15, -0.1) is 0 Å². The summed E-state index contributed by atoms with van der Waals surface area (Å²) in [5.41, 5.74) is 0.669. The van der Waals surface area contributed by atoms with E-state index in [4.69, 9.17) is 25.9 Å². The van der Waals surface area contributed by atoms with Gasteiger partial charge in [0.25, 0.3) is 0 Å². The maximum absolute atomic E-state index is 9.48. The van der Waals surface area contributed by atoms with E-state index in [1.54, 1.807) is 18.3 Å². The molecule has 6 rings (SSSR count). The molecule has 1 aromatic carbocycles. The zero-order chi connectivity index (χ0) is 19.8. The molecule has 3 aliphatic heterocycles. The van der Waals surface area contributed by atoms with Crippen LogP contribution in [0.3, 0.4) is 0 Å². The minimum absolute atomic E-state index is 0.302. The van der Waals surface area contributed by atoms with Crippen molar-refractivity contribution in [3.8, 4) is 6.19 Å². The van der Waals surface area contributed by atoms with E-state index in [-0.39, 0.29) is 0 Å². The lowest BCUT2D eigenvalue weighted by molar-refractivity contribution is 0.0689. The van der Waals surface area contributed by atoms with Crippen molar-refractivity contribution < 1.29 is 9.26 Å². The van der Waals surface area contributed by atoms with Crippen molar-refractivity contribution in [2.24, 2.45) is 4.99 Å². The fraction of sp³-hybridized carbons (Fsp3) is 0.333. The van der Waals surface area contributed by atoms with Crippen LogP contribution in [-0.2, 0) is 10.3 Å². The Balaban J connectivity index is 1.45. The van der Waals surface area contributed by atoms with E-state index in [9.17, 15) is 5.26 Å². The number of alkyl halides is 1. The van der Waals surface area contributed by atoms with Gasteiger partial charge in [0.1, 0.15) is 12.3 Å². The molecule has 1 atom stereocenters. The molecule has 0 radical (unpaired) electrons. The van der Waals surface area contributed by atoms with Gasteiger partial charge in [-0.25, -0.2) is 19.9 Å². The monoisotopic (exact) mass is 410 g/mol. The quantitative estimate of drug-likeness (QED) is 0.428. The summed E-state index contributed by atoms with van der Waals surface area (Å²) < 4.78 is 11.1. The third-order valence-corrected chi connectivity index (χ3v) is 6.02. The van der Waals surface area contributed by atoms with Crippen LogP contribution in [0, 0.1) is 11.5 Å². The predicted molar refractivity (Wildman–Crippen MR) is 102 cm³/mol. The molecule has 0 spiro atoms. The number of anilines is 2. The summed E-state index contributed by atoms with van der Waals surface area (Å²) in [6.07, 6.45) is 5.53. The highest BCUT2D eigenvalue weighted by Gasteiger charge is 2.51. The molecule has 1 unspecified atom stereocenters. The predicted octanol–water partition coefficient (Wildman–Crippen LogP) is 2.08. The summed E-state index contributed by atoms with van der Waals surface area (Å²) in [6, 6.07) is 8.12. The third-order valence-electron chi connectivity index (χ3n) is 5.62. The topological polar surface area (TPSA) is 97.3 Å². The van der Waals surface area contributed by atoms with E-state index in [0.717, 1.165) is 29.9 Å². The van der Waals surface area contributed by atoms with Crippen LogP contribution >= 0.6 is 11.6 Å². The first-order valence-electron chi connectivity index (χ1n) is 9.11. The number of nitriles is 1. The third kappa shape index (κ3) is 2.11. The lowest BCUT2D eigenvalue weighted by atomic mass is 10.1. The lowest BCUT2D eigenvalue weighted by Gasteiger charge is -2.40. The Labute approximate surface area is 170 Å². The molecule has 11 heteroatoms. The van der Waals surface area contributed by atoms with Crippen LogP contribution in [-0.4, -0.2) is 45.3 Å². The number of amidine groups is 1. The molecule has 4 aliphatic rings. The van der Waals surface area contributed by atoms with E-state index in [2.05, 4.69) is 16.3 Å². The Bertz CT molecular complexity index is 1120. The molecule has 4 heterocycles. The Kier molecular flexibility index (Phi) is 3.23. The number of aromatic nitrogens is 2. The van der Waals surface area contributed by atoms with Crippen LogP contribution in [0.4, 0.5) is 11.7 Å². The van der Waals surface area contributed by atoms with Gasteiger partial charge in [0, 0.05) is 12.7 Å². The van der Waals surface area contributed by atoms with Crippen LogP contribution < -0.4 is 9.91 Å². The van der Waals surface area contributed by atoms with Crippen molar-refractivity contribution in [2.45, 2.75) is 24.1 Å². The molecule has 10 nitrogen and oxygen atoms in total. The standard InChI is InChI=1S/C18H15ClN8O2/c1-28-18(6-7-18)15-22-17(29-23-15)25-10-21-14-11-4-2-3-5-12(11)26-13(27(14)25)8-24(9-20)16(26)19/h2-5,8,16H,6-7,10H2,1H3. The van der Waals surface area contributed by atoms with Gasteiger partial charge in [-0.1, -0.05) is 28.9 Å². The lowest BCUT2D eigenvalue weighted by Crippen LogP contribution is -2.50. The van der Waals surface area contributed by atoms with Crippen LogP contribution in [0.5, 0.6) is 0 Å². The van der Waals surface area contributed by atoms with Crippen molar-refractivity contribution in [1.82, 2.24) is 20.0 Å². The molecule has 0 N–H and O–H groups in total. The highest BCUT2D eigenvalue weighted by atomic mass is 35.5. The fourth-order valence-electron chi connectivity index (χ4n) is 3.92. The Morgan fingerprint density at radius 2 is 2.17 bits per heavy atom. The van der Waals surface area contributed by atoms with Gasteiger partial charge < -0.3 is 9.26 Å². The summed E-state index contributed by atoms with van der Waals surface area (Å²) in [5, 5.41) is 17.2. The van der Waals surface area contributed by atoms with Gasteiger partial charge in [0.2, 0.25) is 5.82 Å². The van der Waals surface area contributed by atoms with E-state index in [0.29, 0.717) is 24.3 Å². The molecular formula is C18H15ClN8O2. The average Bonchev–Trinajstić information content (AvgIpc) is 3.08. The van der Waals surface area contributed by atoms with Crippen molar-refractivity contribution >= 4 is 29.1 Å². The molecule has 1 aromatic heterocycles. The first kappa shape index (κ1) is 16.6. The van der Waals surface area contributed by atoms with Crippen molar-refractivity contribution in [2.75, 3.05) is 23.7 Å². The average molecular weight is 411 g/mol. The number of fused-ring (bicyclic) bond motifs is 6. The number of halogens is 1. The van der Waals surface area contributed by atoms with Crippen molar-refractivity contribution in [3.63, 3.8) is 0 Å². The Hall–Kier alpha value is -3.29. The van der Waals surface area contributed by atoms with E-state index >= 15 is 0 Å². The molecule has 1 saturated carbocycles. The number of nitrogens with zero attached hydrogens (tertiary/aromatic N) is 8. The Morgan fingerprint density at radius 1 is 1.34 bits per heavy atom. The van der Waals surface area contributed by atoms with Crippen molar-refractivity contribution in [3.05, 3.63) is 47.7 Å². The first-order valence-corrected chi connectivity index (χ1v) is 9.54. The van der Waals surface area contributed by atoms with E-state index in [1.165, 1.54) is 4.90 Å². The fourth-order valence-corrected chi connectivity index (χ4v) is 4.22. The largest absolute Gasteiger partial charge is 0.370 e. The first-order chi connectivity index (χ1) is 14.2. The number of benzene rings is 1. The summed E-state index contributed by atoms with van der Waals surface area (Å²) in [6.45, 7) is 0.302. The number of para-hydroxylation sites is 1. The number of rotatable bonds is 3. The molecule has 146 valence electrons. The molecule has 1 aliphatic carbocycles. The zero-order valence-electron chi connectivity index (χ0n) is 15.4. The van der Waals surface area contributed by atoms with E-state index < -0.39 is 11.2 Å². The highest BCUT2D eigenvalue weighted by molar-refractivity contribution is 6.23. The SMILES string of the molecule is COC1(c2noc(N3CN=C4c5ccccc5N5C(=CN(C#N)C5Cl)N43)n2)CC1. The summed E-state index contributed by atoms with van der Waals surface area (Å²) in [7, 11) is 1.65. The summed E-state index contributed by atoms with van der Waals surface area (Å²) in [5.74, 6) is 1.96. The minimum Gasteiger partial charge on any atom is -0.370 e. The Morgan fingerprint density at radius 3 is 2.93 bits per heavy atom. The summed E-state index contributed by atoms with van der Waals surface area (Å²) in [4.78, 5) is 12.5. The van der Waals surface area contributed by atoms with Crippen LogP contribution in [0.1, 0.15) is 24.2 Å². The number of methoxy groups -OCH3 is 1. The van der Waals surface area contributed by atoms with Gasteiger partial charge in [-0.2, -0.15) is 10.2 Å². The van der Waals surface area contributed by atoms with Crippen LogP contribution in [0.2, 0.25) is 0 Å². The van der Waals surface area contributed by atoms with Crippen LogP contribution in [0.25, 0.3) is 0 Å². The highest BCUT2D eigenvalue weighted by Crippen LogP contribution is 2.48. The number of ether oxygens (including phenoxy) is 1.